The van der Waals surface area contributed by atoms with Gasteiger partial charge in [-0.2, -0.15) is 0 Å². The van der Waals surface area contributed by atoms with Crippen molar-refractivity contribution in [2.75, 3.05) is 11.7 Å². The lowest BCUT2D eigenvalue weighted by Crippen LogP contribution is -2.12. The van der Waals surface area contributed by atoms with Crippen LogP contribution < -0.4 is 5.01 Å². The largest absolute Gasteiger partial charge is 0.459 e. The Bertz CT molecular complexity index is 520. The second-order valence-electron chi connectivity index (χ2n) is 3.83. The van der Waals surface area contributed by atoms with Gasteiger partial charge in [-0.15, -0.1) is 5.10 Å². The van der Waals surface area contributed by atoms with Crippen LogP contribution in [0.25, 0.3) is 11.1 Å². The van der Waals surface area contributed by atoms with Crippen molar-refractivity contribution in [1.82, 2.24) is 0 Å². The molecule has 2 aromatic carbocycles. The highest BCUT2D eigenvalue weighted by molar-refractivity contribution is 5.67. The molecule has 0 unspecified atom stereocenters. The molecule has 0 aliphatic carbocycles. The van der Waals surface area contributed by atoms with Crippen LogP contribution in [0, 0.1) is 0 Å². The second kappa shape index (κ2) is 4.29. The predicted molar refractivity (Wildman–Crippen MR) is 68.8 cm³/mol. The van der Waals surface area contributed by atoms with Gasteiger partial charge in [-0.1, -0.05) is 42.5 Å². The van der Waals surface area contributed by atoms with Gasteiger partial charge in [0.2, 0.25) is 0 Å². The van der Waals surface area contributed by atoms with Crippen LogP contribution in [0.1, 0.15) is 0 Å². The molecule has 3 rings (SSSR count). The van der Waals surface area contributed by atoms with E-state index in [9.17, 15) is 0 Å². The average Bonchev–Trinajstić information content (AvgIpc) is 2.94. The van der Waals surface area contributed by atoms with E-state index in [-0.39, 0.29) is 0 Å². The van der Waals surface area contributed by atoms with E-state index < -0.39 is 0 Å². The number of hydrazone groups is 1. The number of ether oxygens (including phenoxy) is 1. The number of nitrogens with zero attached hydrogens (tertiary/aromatic N) is 2. The SMILES string of the molecule is C1=NN(c2ccc(-c3ccccc3)cc2)CO1. The highest BCUT2D eigenvalue weighted by atomic mass is 16.5. The van der Waals surface area contributed by atoms with E-state index in [4.69, 9.17) is 4.74 Å². The molecule has 1 heterocycles. The fourth-order valence-corrected chi connectivity index (χ4v) is 1.83. The van der Waals surface area contributed by atoms with Gasteiger partial charge >= 0.3 is 0 Å². The van der Waals surface area contributed by atoms with Crippen LogP contribution in [-0.4, -0.2) is 13.1 Å². The van der Waals surface area contributed by atoms with Crippen molar-refractivity contribution in [2.45, 2.75) is 0 Å². The Morgan fingerprint density at radius 2 is 1.59 bits per heavy atom. The number of hydrogen-bond donors (Lipinski definition) is 0. The lowest BCUT2D eigenvalue weighted by molar-refractivity contribution is 0.350. The molecule has 17 heavy (non-hydrogen) atoms. The van der Waals surface area contributed by atoms with E-state index in [0.717, 1.165) is 5.69 Å². The minimum absolute atomic E-state index is 0.491. The van der Waals surface area contributed by atoms with E-state index in [2.05, 4.69) is 29.4 Å². The van der Waals surface area contributed by atoms with Gasteiger partial charge in [-0.25, -0.2) is 5.01 Å². The number of rotatable bonds is 2. The van der Waals surface area contributed by atoms with E-state index in [1.807, 2.05) is 35.3 Å². The maximum Gasteiger partial charge on any atom is 0.195 e. The molecule has 0 amide bonds. The monoisotopic (exact) mass is 224 g/mol. The summed E-state index contributed by atoms with van der Waals surface area (Å²) in [6.45, 7) is 0.491. The summed E-state index contributed by atoms with van der Waals surface area (Å²) in [5, 5.41) is 5.91. The van der Waals surface area contributed by atoms with Crippen LogP contribution in [0.4, 0.5) is 5.69 Å². The Labute approximate surface area is 100.0 Å². The average molecular weight is 224 g/mol. The van der Waals surface area contributed by atoms with Crippen molar-refractivity contribution in [2.24, 2.45) is 5.10 Å². The molecule has 0 saturated carbocycles. The summed E-state index contributed by atoms with van der Waals surface area (Å²) in [7, 11) is 0. The molecule has 0 atom stereocenters. The summed E-state index contributed by atoms with van der Waals surface area (Å²) >= 11 is 0. The van der Waals surface area contributed by atoms with Crippen molar-refractivity contribution in [3.8, 4) is 11.1 Å². The highest BCUT2D eigenvalue weighted by Gasteiger charge is 2.08. The van der Waals surface area contributed by atoms with Crippen molar-refractivity contribution < 1.29 is 4.74 Å². The Morgan fingerprint density at radius 3 is 2.24 bits per heavy atom. The van der Waals surface area contributed by atoms with Crippen LogP contribution in [-0.2, 0) is 4.74 Å². The normalized spacial score (nSPS) is 13.8. The molecule has 3 heteroatoms. The molecule has 0 aromatic heterocycles. The predicted octanol–water partition coefficient (Wildman–Crippen LogP) is 3.09. The first-order valence-corrected chi connectivity index (χ1v) is 5.50. The first-order valence-electron chi connectivity index (χ1n) is 5.50. The molecular weight excluding hydrogens is 212 g/mol. The van der Waals surface area contributed by atoms with Crippen molar-refractivity contribution in [1.29, 1.82) is 0 Å². The third kappa shape index (κ3) is 1.99. The third-order valence-corrected chi connectivity index (χ3v) is 2.73. The van der Waals surface area contributed by atoms with Gasteiger partial charge in [-0.05, 0) is 23.3 Å². The molecule has 84 valence electrons. The summed E-state index contributed by atoms with van der Waals surface area (Å²) in [6, 6.07) is 18.6. The molecule has 0 bridgehead atoms. The van der Waals surface area contributed by atoms with E-state index in [0.29, 0.717) is 6.73 Å². The van der Waals surface area contributed by atoms with Gasteiger partial charge in [0, 0.05) is 0 Å². The smallest absolute Gasteiger partial charge is 0.195 e. The number of anilines is 1. The molecule has 0 saturated heterocycles. The Morgan fingerprint density at radius 1 is 0.882 bits per heavy atom. The van der Waals surface area contributed by atoms with Crippen molar-refractivity contribution in [3.63, 3.8) is 0 Å². The zero-order valence-corrected chi connectivity index (χ0v) is 9.28. The minimum Gasteiger partial charge on any atom is -0.459 e. The molecule has 2 aromatic rings. The Kier molecular flexibility index (Phi) is 2.50. The molecule has 0 spiro atoms. The number of hydrogen-bond acceptors (Lipinski definition) is 3. The van der Waals surface area contributed by atoms with Gasteiger partial charge in [0.15, 0.2) is 13.1 Å². The fraction of sp³-hybridized carbons (Fsp3) is 0.0714. The maximum atomic E-state index is 5.06. The van der Waals surface area contributed by atoms with Crippen LogP contribution in [0.2, 0.25) is 0 Å². The van der Waals surface area contributed by atoms with Gasteiger partial charge in [-0.3, -0.25) is 0 Å². The lowest BCUT2D eigenvalue weighted by Gasteiger charge is -2.12. The summed E-state index contributed by atoms with van der Waals surface area (Å²) in [5.41, 5.74) is 3.47. The minimum atomic E-state index is 0.491. The summed E-state index contributed by atoms with van der Waals surface area (Å²) in [4.78, 5) is 0. The van der Waals surface area contributed by atoms with E-state index in [1.54, 1.807) is 0 Å². The van der Waals surface area contributed by atoms with Crippen LogP contribution >= 0.6 is 0 Å². The summed E-state index contributed by atoms with van der Waals surface area (Å²) in [5.74, 6) is 0. The zero-order valence-electron chi connectivity index (χ0n) is 9.28. The van der Waals surface area contributed by atoms with Crippen LogP contribution in [0.5, 0.6) is 0 Å². The molecular formula is C14H12N2O. The molecule has 0 radical (unpaired) electrons. The first-order chi connectivity index (χ1) is 8.43. The Hall–Kier alpha value is -2.29. The van der Waals surface area contributed by atoms with E-state index >= 15 is 0 Å². The molecule has 1 aliphatic rings. The van der Waals surface area contributed by atoms with Gasteiger partial charge in [0.25, 0.3) is 0 Å². The molecule has 1 aliphatic heterocycles. The standard InChI is InChI=1S/C14H12N2O/c1-2-4-12(5-3-1)13-6-8-14(9-7-13)16-11-17-10-15-16/h1-10H,11H2. The summed E-state index contributed by atoms with van der Waals surface area (Å²) < 4.78 is 5.06. The van der Waals surface area contributed by atoms with Crippen molar-refractivity contribution >= 4 is 12.1 Å². The maximum absolute atomic E-state index is 5.06. The lowest BCUT2D eigenvalue weighted by atomic mass is 10.1. The highest BCUT2D eigenvalue weighted by Crippen LogP contribution is 2.23. The zero-order chi connectivity index (χ0) is 11.5. The third-order valence-electron chi connectivity index (χ3n) is 2.73. The van der Waals surface area contributed by atoms with Crippen molar-refractivity contribution in [3.05, 3.63) is 54.6 Å². The van der Waals surface area contributed by atoms with Gasteiger partial charge in [0.1, 0.15) is 0 Å². The molecule has 0 N–H and O–H groups in total. The van der Waals surface area contributed by atoms with E-state index in [1.165, 1.54) is 17.5 Å². The van der Waals surface area contributed by atoms with Crippen LogP contribution in [0.3, 0.4) is 0 Å². The van der Waals surface area contributed by atoms with Gasteiger partial charge in [0.05, 0.1) is 5.69 Å². The Balaban J connectivity index is 1.87. The van der Waals surface area contributed by atoms with Gasteiger partial charge < -0.3 is 4.74 Å². The molecule has 3 nitrogen and oxygen atoms in total. The van der Waals surface area contributed by atoms with Crippen LogP contribution in [0.15, 0.2) is 59.7 Å². The number of benzene rings is 2. The summed E-state index contributed by atoms with van der Waals surface area (Å²) in [6.07, 6.45) is 1.46. The second-order valence-corrected chi connectivity index (χ2v) is 3.83. The first kappa shape index (κ1) is 9.90. The quantitative estimate of drug-likeness (QED) is 0.783. The topological polar surface area (TPSA) is 24.8 Å². The molecule has 0 fully saturated rings. The fourth-order valence-electron chi connectivity index (χ4n) is 1.83.